The second-order valence-corrected chi connectivity index (χ2v) is 3.51. The summed E-state index contributed by atoms with van der Waals surface area (Å²) in [6, 6.07) is 4.97. The summed E-state index contributed by atoms with van der Waals surface area (Å²) in [6.07, 6.45) is 2.45. The van der Waals surface area contributed by atoms with Gasteiger partial charge in [0.1, 0.15) is 5.75 Å². The molecule has 0 fully saturated rings. The fraction of sp³-hybridized carbons (Fsp3) is 0.417. The summed E-state index contributed by atoms with van der Waals surface area (Å²) in [7, 11) is 1.73. The van der Waals surface area contributed by atoms with Crippen molar-refractivity contribution in [2.75, 3.05) is 12.4 Å². The van der Waals surface area contributed by atoms with Gasteiger partial charge in [0, 0.05) is 19.0 Å². The van der Waals surface area contributed by atoms with Crippen LogP contribution in [0.3, 0.4) is 0 Å². The Morgan fingerprint density at radius 2 is 2.20 bits per heavy atom. The van der Waals surface area contributed by atoms with Gasteiger partial charge in [-0.05, 0) is 24.6 Å². The fourth-order valence-corrected chi connectivity index (χ4v) is 1.40. The van der Waals surface area contributed by atoms with Crippen molar-refractivity contribution in [3.05, 3.63) is 23.8 Å². The van der Waals surface area contributed by atoms with Crippen molar-refractivity contribution in [2.45, 2.75) is 26.2 Å². The average Bonchev–Trinajstić information content (AvgIpc) is 2.25. The standard InChI is InChI=1S/C12H17NO2/c1-3-4-5-11(14)9-6-7-10(13-2)12(15)8-9/h6-8,13,15H,3-5H2,1-2H3. The van der Waals surface area contributed by atoms with Crippen molar-refractivity contribution in [2.24, 2.45) is 0 Å². The number of phenolic OH excluding ortho intramolecular Hbond substituents is 1. The molecule has 0 atom stereocenters. The molecule has 0 aromatic heterocycles. The SMILES string of the molecule is CCCCC(=O)c1ccc(NC)c(O)c1. The van der Waals surface area contributed by atoms with E-state index in [0.717, 1.165) is 12.8 Å². The third-order valence-electron chi connectivity index (χ3n) is 2.35. The van der Waals surface area contributed by atoms with Crippen LogP contribution < -0.4 is 5.32 Å². The summed E-state index contributed by atoms with van der Waals surface area (Å²) < 4.78 is 0. The summed E-state index contributed by atoms with van der Waals surface area (Å²) >= 11 is 0. The fourth-order valence-electron chi connectivity index (χ4n) is 1.40. The van der Waals surface area contributed by atoms with Crippen LogP contribution in [0.4, 0.5) is 5.69 Å². The molecule has 15 heavy (non-hydrogen) atoms. The van der Waals surface area contributed by atoms with E-state index in [9.17, 15) is 9.90 Å². The number of benzene rings is 1. The van der Waals surface area contributed by atoms with Gasteiger partial charge in [-0.2, -0.15) is 0 Å². The molecule has 0 aliphatic rings. The Balaban J connectivity index is 2.78. The molecule has 1 aromatic carbocycles. The van der Waals surface area contributed by atoms with Crippen molar-refractivity contribution in [3.8, 4) is 5.75 Å². The van der Waals surface area contributed by atoms with Gasteiger partial charge in [-0.15, -0.1) is 0 Å². The maximum Gasteiger partial charge on any atom is 0.163 e. The summed E-state index contributed by atoms with van der Waals surface area (Å²) in [6.45, 7) is 2.05. The first-order valence-corrected chi connectivity index (χ1v) is 5.23. The van der Waals surface area contributed by atoms with E-state index in [4.69, 9.17) is 0 Å². The van der Waals surface area contributed by atoms with E-state index in [0.29, 0.717) is 17.7 Å². The summed E-state index contributed by atoms with van der Waals surface area (Å²) in [5, 5.41) is 12.4. The lowest BCUT2D eigenvalue weighted by Crippen LogP contribution is -1.99. The highest BCUT2D eigenvalue weighted by Crippen LogP contribution is 2.24. The van der Waals surface area contributed by atoms with Gasteiger partial charge in [0.2, 0.25) is 0 Å². The predicted octanol–water partition coefficient (Wildman–Crippen LogP) is 2.81. The minimum absolute atomic E-state index is 0.0924. The molecule has 0 saturated heterocycles. The van der Waals surface area contributed by atoms with Crippen molar-refractivity contribution >= 4 is 11.5 Å². The lowest BCUT2D eigenvalue weighted by Gasteiger charge is -2.05. The topological polar surface area (TPSA) is 49.3 Å². The Bertz CT molecular complexity index is 347. The zero-order chi connectivity index (χ0) is 11.3. The molecule has 3 heteroatoms. The quantitative estimate of drug-likeness (QED) is 0.576. The Morgan fingerprint density at radius 1 is 1.47 bits per heavy atom. The van der Waals surface area contributed by atoms with E-state index >= 15 is 0 Å². The first kappa shape index (κ1) is 11.6. The minimum Gasteiger partial charge on any atom is -0.506 e. The molecule has 0 aliphatic heterocycles. The van der Waals surface area contributed by atoms with Gasteiger partial charge in [-0.25, -0.2) is 0 Å². The molecule has 0 spiro atoms. The Labute approximate surface area is 90.1 Å². The van der Waals surface area contributed by atoms with E-state index in [1.807, 2.05) is 0 Å². The molecule has 0 aliphatic carbocycles. The van der Waals surface area contributed by atoms with Crippen LogP contribution in [0.1, 0.15) is 36.5 Å². The molecule has 1 rings (SSSR count). The van der Waals surface area contributed by atoms with E-state index < -0.39 is 0 Å². The minimum atomic E-state index is 0.0924. The van der Waals surface area contributed by atoms with Gasteiger partial charge in [-0.3, -0.25) is 4.79 Å². The largest absolute Gasteiger partial charge is 0.506 e. The number of nitrogens with one attached hydrogen (secondary N) is 1. The zero-order valence-corrected chi connectivity index (χ0v) is 9.21. The van der Waals surface area contributed by atoms with Crippen LogP contribution in [0.2, 0.25) is 0 Å². The number of phenols is 1. The van der Waals surface area contributed by atoms with Crippen molar-refractivity contribution in [1.82, 2.24) is 0 Å². The Hall–Kier alpha value is -1.51. The van der Waals surface area contributed by atoms with E-state index in [2.05, 4.69) is 12.2 Å². The van der Waals surface area contributed by atoms with Gasteiger partial charge >= 0.3 is 0 Å². The van der Waals surface area contributed by atoms with E-state index in [-0.39, 0.29) is 11.5 Å². The first-order valence-electron chi connectivity index (χ1n) is 5.23. The highest BCUT2D eigenvalue weighted by molar-refractivity contribution is 5.97. The lowest BCUT2D eigenvalue weighted by molar-refractivity contribution is 0.0979. The second kappa shape index (κ2) is 5.39. The van der Waals surface area contributed by atoms with E-state index in [1.54, 1.807) is 19.2 Å². The van der Waals surface area contributed by atoms with Gasteiger partial charge < -0.3 is 10.4 Å². The lowest BCUT2D eigenvalue weighted by atomic mass is 10.0. The molecule has 0 unspecified atom stereocenters. The van der Waals surface area contributed by atoms with Crippen molar-refractivity contribution in [3.63, 3.8) is 0 Å². The van der Waals surface area contributed by atoms with Crippen LogP contribution in [0.25, 0.3) is 0 Å². The third kappa shape index (κ3) is 2.98. The maximum atomic E-state index is 11.6. The third-order valence-corrected chi connectivity index (χ3v) is 2.35. The monoisotopic (exact) mass is 207 g/mol. The van der Waals surface area contributed by atoms with Gasteiger partial charge in [0.05, 0.1) is 5.69 Å². The second-order valence-electron chi connectivity index (χ2n) is 3.51. The molecule has 82 valence electrons. The number of unbranched alkanes of at least 4 members (excludes halogenated alkanes) is 1. The molecule has 0 saturated carbocycles. The zero-order valence-electron chi connectivity index (χ0n) is 9.21. The molecule has 0 bridgehead atoms. The van der Waals surface area contributed by atoms with Gasteiger partial charge in [-0.1, -0.05) is 13.3 Å². The van der Waals surface area contributed by atoms with Gasteiger partial charge in [0.15, 0.2) is 5.78 Å². The number of carbonyl (C=O) groups is 1. The predicted molar refractivity (Wildman–Crippen MR) is 61.5 cm³/mol. The number of hydrogen-bond acceptors (Lipinski definition) is 3. The number of ketones is 1. The maximum absolute atomic E-state index is 11.6. The number of anilines is 1. The molecule has 3 nitrogen and oxygen atoms in total. The highest BCUT2D eigenvalue weighted by atomic mass is 16.3. The number of rotatable bonds is 5. The molecule has 2 N–H and O–H groups in total. The summed E-state index contributed by atoms with van der Waals surface area (Å²) in [5.74, 6) is 0.217. The normalized spacial score (nSPS) is 10.0. The van der Waals surface area contributed by atoms with Crippen LogP contribution in [0.5, 0.6) is 5.75 Å². The van der Waals surface area contributed by atoms with Crippen LogP contribution in [0, 0.1) is 0 Å². The summed E-state index contributed by atoms with van der Waals surface area (Å²) in [5.41, 5.74) is 1.22. The van der Waals surface area contributed by atoms with Crippen LogP contribution >= 0.6 is 0 Å². The number of hydrogen-bond donors (Lipinski definition) is 2. The molecule has 0 radical (unpaired) electrons. The highest BCUT2D eigenvalue weighted by Gasteiger charge is 2.07. The molecule has 1 aromatic rings. The van der Waals surface area contributed by atoms with Crippen molar-refractivity contribution < 1.29 is 9.90 Å². The molecule has 0 heterocycles. The smallest absolute Gasteiger partial charge is 0.163 e. The molecular weight excluding hydrogens is 190 g/mol. The number of carbonyl (C=O) groups excluding carboxylic acids is 1. The number of Topliss-reactive ketones (excluding diaryl/α,β-unsaturated/α-hetero) is 1. The number of aromatic hydroxyl groups is 1. The molecule has 0 amide bonds. The van der Waals surface area contributed by atoms with Crippen LogP contribution in [0.15, 0.2) is 18.2 Å². The average molecular weight is 207 g/mol. The Kier molecular flexibility index (Phi) is 4.16. The molecular formula is C12H17NO2. The van der Waals surface area contributed by atoms with Crippen molar-refractivity contribution in [1.29, 1.82) is 0 Å². The van der Waals surface area contributed by atoms with Gasteiger partial charge in [0.25, 0.3) is 0 Å². The first-order chi connectivity index (χ1) is 7.19. The van der Waals surface area contributed by atoms with Crippen LogP contribution in [-0.4, -0.2) is 17.9 Å². The van der Waals surface area contributed by atoms with Crippen LogP contribution in [-0.2, 0) is 0 Å². The van der Waals surface area contributed by atoms with E-state index in [1.165, 1.54) is 6.07 Å². The summed E-state index contributed by atoms with van der Waals surface area (Å²) in [4.78, 5) is 11.6. The Morgan fingerprint density at radius 3 is 2.73 bits per heavy atom.